The van der Waals surface area contributed by atoms with Gasteiger partial charge in [-0.2, -0.15) is 0 Å². The maximum Gasteiger partial charge on any atom is 0.280 e. The Labute approximate surface area is 172 Å². The van der Waals surface area contributed by atoms with E-state index in [1.165, 1.54) is 23.6 Å². The molecule has 150 valence electrons. The van der Waals surface area contributed by atoms with E-state index in [0.29, 0.717) is 5.56 Å². The van der Waals surface area contributed by atoms with E-state index in [-0.39, 0.29) is 11.4 Å². The number of carbonyl (C=O) groups is 2. The lowest BCUT2D eigenvalue weighted by Gasteiger charge is -2.33. The Kier molecular flexibility index (Phi) is 6.03. The molecule has 6 nitrogen and oxygen atoms in total. The second-order valence-corrected chi connectivity index (χ2v) is 8.08. The molecular formula is C21H21FN4O2S. The predicted molar refractivity (Wildman–Crippen MR) is 110 cm³/mol. The van der Waals surface area contributed by atoms with Gasteiger partial charge in [-0.1, -0.05) is 47.0 Å². The quantitative estimate of drug-likeness (QED) is 0.688. The number of aromatic nitrogens is 2. The van der Waals surface area contributed by atoms with Gasteiger partial charge in [0, 0.05) is 10.9 Å². The first-order valence-corrected chi connectivity index (χ1v) is 9.84. The summed E-state index contributed by atoms with van der Waals surface area (Å²) in [7, 11) is 0. The van der Waals surface area contributed by atoms with Crippen LogP contribution in [0.3, 0.4) is 0 Å². The fraction of sp³-hybridized carbons (Fsp3) is 0.238. The van der Waals surface area contributed by atoms with Crippen molar-refractivity contribution in [2.45, 2.75) is 32.4 Å². The Morgan fingerprint density at radius 3 is 2.31 bits per heavy atom. The highest BCUT2D eigenvalue weighted by molar-refractivity contribution is 7.03. The fourth-order valence-corrected chi connectivity index (χ4v) is 3.32. The van der Waals surface area contributed by atoms with Gasteiger partial charge >= 0.3 is 0 Å². The SMILES string of the molecule is CC(C)(C)NC(=O)[C@H](c1ccccc1)N(C(=O)c1csnn1)c1ccccc1F. The number of para-hydroxylation sites is 1. The van der Waals surface area contributed by atoms with Crippen LogP contribution in [0, 0.1) is 5.82 Å². The van der Waals surface area contributed by atoms with Crippen molar-refractivity contribution in [2.75, 3.05) is 4.90 Å². The van der Waals surface area contributed by atoms with Crippen LogP contribution in [0.2, 0.25) is 0 Å². The molecular weight excluding hydrogens is 391 g/mol. The number of amides is 2. The van der Waals surface area contributed by atoms with Gasteiger partial charge in [0.1, 0.15) is 11.9 Å². The van der Waals surface area contributed by atoms with Gasteiger partial charge in [0.05, 0.1) is 5.69 Å². The highest BCUT2D eigenvalue weighted by atomic mass is 32.1. The van der Waals surface area contributed by atoms with Crippen LogP contribution in [0.15, 0.2) is 60.0 Å². The van der Waals surface area contributed by atoms with Crippen LogP contribution in [0.1, 0.15) is 42.9 Å². The minimum Gasteiger partial charge on any atom is -0.349 e. The predicted octanol–water partition coefficient (Wildman–Crippen LogP) is 3.98. The van der Waals surface area contributed by atoms with Crippen LogP contribution in [0.25, 0.3) is 0 Å². The lowest BCUT2D eigenvalue weighted by Crippen LogP contribution is -2.49. The largest absolute Gasteiger partial charge is 0.349 e. The van der Waals surface area contributed by atoms with E-state index in [4.69, 9.17) is 0 Å². The Morgan fingerprint density at radius 1 is 1.07 bits per heavy atom. The average molecular weight is 412 g/mol. The molecule has 0 spiro atoms. The average Bonchev–Trinajstić information content (AvgIpc) is 3.20. The Balaban J connectivity index is 2.18. The molecule has 0 unspecified atom stereocenters. The topological polar surface area (TPSA) is 75.2 Å². The number of hydrogen-bond donors (Lipinski definition) is 1. The summed E-state index contributed by atoms with van der Waals surface area (Å²) in [5.41, 5.74) is 0.0381. The summed E-state index contributed by atoms with van der Waals surface area (Å²) >= 11 is 1.01. The van der Waals surface area contributed by atoms with Gasteiger partial charge in [-0.15, -0.1) is 5.10 Å². The van der Waals surface area contributed by atoms with E-state index in [2.05, 4.69) is 14.9 Å². The number of nitrogens with zero attached hydrogens (tertiary/aromatic N) is 3. The first kappa shape index (κ1) is 20.6. The fourth-order valence-electron chi connectivity index (χ4n) is 2.89. The molecule has 0 saturated heterocycles. The molecule has 3 aromatic rings. The maximum absolute atomic E-state index is 14.8. The standard InChI is InChI=1S/C21H21FN4O2S/c1-21(2,3)23-19(27)18(14-9-5-4-6-10-14)26(17-12-8-7-11-15(17)22)20(28)16-13-29-25-24-16/h4-13,18H,1-3H3,(H,23,27)/t18-/m0/s1. The van der Waals surface area contributed by atoms with E-state index < -0.39 is 29.2 Å². The monoisotopic (exact) mass is 412 g/mol. The molecule has 0 bridgehead atoms. The number of nitrogens with one attached hydrogen (secondary N) is 1. The van der Waals surface area contributed by atoms with E-state index in [1.54, 1.807) is 30.3 Å². The molecule has 0 radical (unpaired) electrons. The molecule has 2 amide bonds. The number of halogens is 1. The third-order valence-corrected chi connectivity index (χ3v) is 4.53. The highest BCUT2D eigenvalue weighted by Crippen LogP contribution is 2.31. The molecule has 0 fully saturated rings. The Morgan fingerprint density at radius 2 is 1.72 bits per heavy atom. The number of carbonyl (C=O) groups excluding carboxylic acids is 2. The van der Waals surface area contributed by atoms with Crippen LogP contribution < -0.4 is 10.2 Å². The van der Waals surface area contributed by atoms with Gasteiger partial charge in [-0.25, -0.2) is 4.39 Å². The number of hydrogen-bond acceptors (Lipinski definition) is 5. The minimum absolute atomic E-state index is 0.0107. The number of rotatable bonds is 5. The second kappa shape index (κ2) is 8.48. The first-order valence-electron chi connectivity index (χ1n) is 9.00. The van der Waals surface area contributed by atoms with Crippen molar-refractivity contribution < 1.29 is 14.0 Å². The van der Waals surface area contributed by atoms with Crippen molar-refractivity contribution in [3.8, 4) is 0 Å². The minimum atomic E-state index is -1.10. The van der Waals surface area contributed by atoms with Gasteiger partial charge in [-0.3, -0.25) is 14.5 Å². The summed E-state index contributed by atoms with van der Waals surface area (Å²) in [6.07, 6.45) is 0. The van der Waals surface area contributed by atoms with Gasteiger partial charge in [-0.05, 0) is 50.0 Å². The molecule has 2 aromatic carbocycles. The summed E-state index contributed by atoms with van der Waals surface area (Å²) < 4.78 is 18.5. The van der Waals surface area contributed by atoms with Crippen LogP contribution in [0.4, 0.5) is 10.1 Å². The van der Waals surface area contributed by atoms with Gasteiger partial charge < -0.3 is 5.32 Å². The molecule has 29 heavy (non-hydrogen) atoms. The van der Waals surface area contributed by atoms with Gasteiger partial charge in [0.2, 0.25) is 5.91 Å². The summed E-state index contributed by atoms with van der Waals surface area (Å²) in [5.74, 6) is -1.65. The van der Waals surface area contributed by atoms with Crippen LogP contribution in [-0.2, 0) is 4.79 Å². The normalized spacial score (nSPS) is 12.3. The van der Waals surface area contributed by atoms with E-state index >= 15 is 0 Å². The lowest BCUT2D eigenvalue weighted by atomic mass is 10.0. The highest BCUT2D eigenvalue weighted by Gasteiger charge is 2.36. The van der Waals surface area contributed by atoms with Crippen molar-refractivity contribution in [2.24, 2.45) is 0 Å². The third kappa shape index (κ3) is 4.83. The molecule has 1 heterocycles. The molecule has 0 aliphatic rings. The maximum atomic E-state index is 14.8. The van der Waals surface area contributed by atoms with E-state index in [0.717, 1.165) is 16.4 Å². The molecule has 8 heteroatoms. The zero-order valence-corrected chi connectivity index (χ0v) is 17.1. The molecule has 0 aliphatic carbocycles. The second-order valence-electron chi connectivity index (χ2n) is 7.47. The van der Waals surface area contributed by atoms with Gasteiger partial charge in [0.15, 0.2) is 5.69 Å². The molecule has 3 rings (SSSR count). The third-order valence-electron chi connectivity index (χ3n) is 4.03. The summed E-state index contributed by atoms with van der Waals surface area (Å²) in [6.45, 7) is 5.52. The summed E-state index contributed by atoms with van der Waals surface area (Å²) in [5, 5.41) is 8.20. The first-order chi connectivity index (χ1) is 13.8. The molecule has 1 aromatic heterocycles. The van der Waals surface area contributed by atoms with Gasteiger partial charge in [0.25, 0.3) is 5.91 Å². The lowest BCUT2D eigenvalue weighted by molar-refractivity contribution is -0.123. The van der Waals surface area contributed by atoms with Crippen molar-refractivity contribution in [3.63, 3.8) is 0 Å². The van der Waals surface area contributed by atoms with Crippen LogP contribution in [0.5, 0.6) is 0 Å². The number of anilines is 1. The Hall–Kier alpha value is -3.13. The van der Waals surface area contributed by atoms with Crippen molar-refractivity contribution in [1.29, 1.82) is 0 Å². The van der Waals surface area contributed by atoms with Crippen molar-refractivity contribution in [3.05, 3.63) is 77.1 Å². The van der Waals surface area contributed by atoms with E-state index in [9.17, 15) is 14.0 Å². The zero-order valence-electron chi connectivity index (χ0n) is 16.3. The Bertz CT molecular complexity index is 987. The summed E-state index contributed by atoms with van der Waals surface area (Å²) in [6, 6.07) is 13.6. The zero-order chi connectivity index (χ0) is 21.0. The van der Waals surface area contributed by atoms with Crippen LogP contribution >= 0.6 is 11.5 Å². The number of benzene rings is 2. The molecule has 0 aliphatic heterocycles. The van der Waals surface area contributed by atoms with Crippen molar-refractivity contribution in [1.82, 2.24) is 14.9 Å². The summed E-state index contributed by atoms with van der Waals surface area (Å²) in [4.78, 5) is 27.8. The smallest absolute Gasteiger partial charge is 0.280 e. The molecule has 0 saturated carbocycles. The van der Waals surface area contributed by atoms with Crippen molar-refractivity contribution >= 4 is 29.0 Å². The molecule has 1 N–H and O–H groups in total. The van der Waals surface area contributed by atoms with Crippen LogP contribution in [-0.4, -0.2) is 26.9 Å². The molecule has 1 atom stereocenters. The van der Waals surface area contributed by atoms with E-state index in [1.807, 2.05) is 26.8 Å².